The van der Waals surface area contributed by atoms with E-state index in [0.717, 1.165) is 18.5 Å². The molecule has 0 bridgehead atoms. The van der Waals surface area contributed by atoms with Crippen LogP contribution < -0.4 is 5.32 Å². The van der Waals surface area contributed by atoms with E-state index in [1.165, 1.54) is 32.4 Å². The minimum absolute atomic E-state index is 0.341. The molecule has 0 saturated carbocycles. The predicted octanol–water partition coefficient (Wildman–Crippen LogP) is 4.55. The average Bonchev–Trinajstić information content (AvgIpc) is 2.33. The minimum atomic E-state index is 0.341. The highest BCUT2D eigenvalue weighted by Gasteiger charge is 2.25. The molecule has 20 heavy (non-hydrogen) atoms. The fraction of sp³-hybridized carbons (Fsp3) is 1.00. The summed E-state index contributed by atoms with van der Waals surface area (Å²) in [7, 11) is 0. The molecule has 0 saturated heterocycles. The van der Waals surface area contributed by atoms with Crippen LogP contribution in [0, 0.1) is 11.3 Å². The fourth-order valence-corrected chi connectivity index (χ4v) is 3.08. The second kappa shape index (κ2) is 9.78. The van der Waals surface area contributed by atoms with Gasteiger partial charge in [0.25, 0.3) is 0 Å². The van der Waals surface area contributed by atoms with E-state index in [1.807, 2.05) is 0 Å². The molecule has 2 heteroatoms. The van der Waals surface area contributed by atoms with Crippen molar-refractivity contribution < 1.29 is 0 Å². The largest absolute Gasteiger partial charge is 0.314 e. The van der Waals surface area contributed by atoms with Gasteiger partial charge in [-0.3, -0.25) is 0 Å². The van der Waals surface area contributed by atoms with Crippen molar-refractivity contribution in [3.63, 3.8) is 0 Å². The van der Waals surface area contributed by atoms with Crippen LogP contribution in [0.15, 0.2) is 0 Å². The average molecular weight is 285 g/mol. The van der Waals surface area contributed by atoms with Crippen LogP contribution in [0.5, 0.6) is 0 Å². The first-order chi connectivity index (χ1) is 9.26. The normalized spacial score (nSPS) is 14.6. The van der Waals surface area contributed by atoms with Crippen molar-refractivity contribution in [3.05, 3.63) is 0 Å². The predicted molar refractivity (Wildman–Crippen MR) is 92.3 cm³/mol. The molecule has 0 fully saturated rings. The summed E-state index contributed by atoms with van der Waals surface area (Å²) in [5.74, 6) is 0.753. The standard InChI is InChI=1S/C18H40N2/c1-9-16(10-2)20(14-15(4)5)13-12-17(19-11-3)18(6,7)8/h15-17,19H,9-14H2,1-8H3. The molecule has 0 aliphatic carbocycles. The Balaban J connectivity index is 4.63. The van der Waals surface area contributed by atoms with Crippen LogP contribution in [0.2, 0.25) is 0 Å². The lowest BCUT2D eigenvalue weighted by Crippen LogP contribution is -2.45. The van der Waals surface area contributed by atoms with E-state index in [4.69, 9.17) is 0 Å². The summed E-state index contributed by atoms with van der Waals surface area (Å²) < 4.78 is 0. The van der Waals surface area contributed by atoms with E-state index in [2.05, 4.69) is 65.6 Å². The third kappa shape index (κ3) is 7.64. The molecule has 2 nitrogen and oxygen atoms in total. The van der Waals surface area contributed by atoms with Crippen molar-refractivity contribution in [2.75, 3.05) is 19.6 Å². The van der Waals surface area contributed by atoms with Gasteiger partial charge < -0.3 is 10.2 Å². The Kier molecular flexibility index (Phi) is 9.74. The number of hydrogen-bond donors (Lipinski definition) is 1. The van der Waals surface area contributed by atoms with Gasteiger partial charge in [0.1, 0.15) is 0 Å². The molecule has 0 radical (unpaired) electrons. The van der Waals surface area contributed by atoms with Crippen LogP contribution in [-0.2, 0) is 0 Å². The Morgan fingerprint density at radius 3 is 1.90 bits per heavy atom. The van der Waals surface area contributed by atoms with Gasteiger partial charge in [-0.05, 0) is 43.7 Å². The van der Waals surface area contributed by atoms with Gasteiger partial charge in [0.05, 0.1) is 0 Å². The second-order valence-corrected chi connectivity index (χ2v) is 7.62. The Labute approximate surface area is 128 Å². The molecule has 0 rings (SSSR count). The first-order valence-electron chi connectivity index (χ1n) is 8.73. The van der Waals surface area contributed by atoms with Crippen LogP contribution in [0.4, 0.5) is 0 Å². The van der Waals surface area contributed by atoms with Gasteiger partial charge in [-0.2, -0.15) is 0 Å². The van der Waals surface area contributed by atoms with Crippen LogP contribution in [-0.4, -0.2) is 36.6 Å². The molecular formula is C18H40N2. The first-order valence-corrected chi connectivity index (χ1v) is 8.73. The lowest BCUT2D eigenvalue weighted by molar-refractivity contribution is 0.142. The molecule has 0 spiro atoms. The van der Waals surface area contributed by atoms with E-state index >= 15 is 0 Å². The molecule has 1 unspecified atom stereocenters. The summed E-state index contributed by atoms with van der Waals surface area (Å²) in [6.45, 7) is 22.1. The van der Waals surface area contributed by atoms with Gasteiger partial charge in [-0.1, -0.05) is 55.4 Å². The van der Waals surface area contributed by atoms with Crippen LogP contribution >= 0.6 is 0 Å². The number of nitrogens with one attached hydrogen (secondary N) is 1. The van der Waals surface area contributed by atoms with Gasteiger partial charge in [-0.15, -0.1) is 0 Å². The SMILES string of the molecule is CCNC(CCN(CC(C)C)C(CC)CC)C(C)(C)C. The van der Waals surface area contributed by atoms with Crippen molar-refractivity contribution in [2.45, 2.75) is 86.7 Å². The van der Waals surface area contributed by atoms with Crippen LogP contribution in [0.25, 0.3) is 0 Å². The molecule has 0 aromatic carbocycles. The zero-order valence-corrected chi connectivity index (χ0v) is 15.4. The lowest BCUT2D eigenvalue weighted by atomic mass is 9.84. The summed E-state index contributed by atoms with van der Waals surface area (Å²) in [4.78, 5) is 2.72. The van der Waals surface area contributed by atoms with Crippen LogP contribution in [0.1, 0.15) is 74.7 Å². The Bertz CT molecular complexity index is 226. The summed E-state index contributed by atoms with van der Waals surface area (Å²) in [6.07, 6.45) is 3.79. The first kappa shape index (κ1) is 19.9. The maximum atomic E-state index is 3.68. The highest BCUT2D eigenvalue weighted by molar-refractivity contribution is 4.82. The van der Waals surface area contributed by atoms with Crippen LogP contribution in [0.3, 0.4) is 0 Å². The van der Waals surface area contributed by atoms with E-state index in [9.17, 15) is 0 Å². The second-order valence-electron chi connectivity index (χ2n) is 7.62. The van der Waals surface area contributed by atoms with Gasteiger partial charge in [0, 0.05) is 18.6 Å². The summed E-state index contributed by atoms with van der Waals surface area (Å²) in [5.41, 5.74) is 0.341. The zero-order chi connectivity index (χ0) is 15.8. The highest BCUT2D eigenvalue weighted by atomic mass is 15.2. The van der Waals surface area contributed by atoms with E-state index in [-0.39, 0.29) is 0 Å². The molecular weight excluding hydrogens is 244 g/mol. The van der Waals surface area contributed by atoms with E-state index < -0.39 is 0 Å². The highest BCUT2D eigenvalue weighted by Crippen LogP contribution is 2.23. The Hall–Kier alpha value is -0.0800. The van der Waals surface area contributed by atoms with Gasteiger partial charge in [0.15, 0.2) is 0 Å². The van der Waals surface area contributed by atoms with E-state index in [0.29, 0.717) is 11.5 Å². The molecule has 0 amide bonds. The van der Waals surface area contributed by atoms with Gasteiger partial charge >= 0.3 is 0 Å². The minimum Gasteiger partial charge on any atom is -0.314 e. The van der Waals surface area contributed by atoms with Crippen molar-refractivity contribution in [3.8, 4) is 0 Å². The molecule has 1 N–H and O–H groups in total. The fourth-order valence-electron chi connectivity index (χ4n) is 3.08. The molecule has 0 aromatic heterocycles. The molecule has 122 valence electrons. The smallest absolute Gasteiger partial charge is 0.0128 e. The zero-order valence-electron chi connectivity index (χ0n) is 15.4. The molecule has 0 heterocycles. The molecule has 0 aliphatic rings. The number of hydrogen-bond acceptors (Lipinski definition) is 2. The Morgan fingerprint density at radius 2 is 1.55 bits per heavy atom. The lowest BCUT2D eigenvalue weighted by Gasteiger charge is -2.36. The van der Waals surface area contributed by atoms with Gasteiger partial charge in [0.2, 0.25) is 0 Å². The van der Waals surface area contributed by atoms with Crippen molar-refractivity contribution in [1.29, 1.82) is 0 Å². The third-order valence-corrected chi connectivity index (χ3v) is 4.26. The van der Waals surface area contributed by atoms with Crippen molar-refractivity contribution >= 4 is 0 Å². The van der Waals surface area contributed by atoms with Crippen molar-refractivity contribution in [1.82, 2.24) is 10.2 Å². The topological polar surface area (TPSA) is 15.3 Å². The molecule has 1 atom stereocenters. The maximum Gasteiger partial charge on any atom is 0.0128 e. The maximum absolute atomic E-state index is 3.68. The monoisotopic (exact) mass is 284 g/mol. The summed E-state index contributed by atoms with van der Waals surface area (Å²) in [5, 5.41) is 3.68. The Morgan fingerprint density at radius 1 is 1.00 bits per heavy atom. The third-order valence-electron chi connectivity index (χ3n) is 4.26. The van der Waals surface area contributed by atoms with E-state index in [1.54, 1.807) is 0 Å². The quantitative estimate of drug-likeness (QED) is 0.633. The molecule has 0 aromatic rings. The molecule has 0 aliphatic heterocycles. The summed E-state index contributed by atoms with van der Waals surface area (Å²) >= 11 is 0. The number of rotatable bonds is 10. The van der Waals surface area contributed by atoms with Gasteiger partial charge in [-0.25, -0.2) is 0 Å². The summed E-state index contributed by atoms with van der Waals surface area (Å²) in [6, 6.07) is 1.36. The number of nitrogens with zero attached hydrogens (tertiary/aromatic N) is 1. The van der Waals surface area contributed by atoms with Crippen molar-refractivity contribution in [2.24, 2.45) is 11.3 Å².